The molecule has 0 saturated heterocycles. The lowest BCUT2D eigenvalue weighted by atomic mass is 9.95. The summed E-state index contributed by atoms with van der Waals surface area (Å²) in [4.78, 5) is 50.2. The highest BCUT2D eigenvalue weighted by Crippen LogP contribution is 2.23. The van der Waals surface area contributed by atoms with E-state index >= 15 is 0 Å². The Morgan fingerprint density at radius 3 is 2.40 bits per heavy atom. The van der Waals surface area contributed by atoms with Crippen molar-refractivity contribution in [1.29, 1.82) is 0 Å². The van der Waals surface area contributed by atoms with Crippen LogP contribution in [0.1, 0.15) is 58.6 Å². The molecule has 48 heavy (non-hydrogen) atoms. The Kier molecular flexibility index (Phi) is 12.1. The Labute approximate surface area is 276 Å². The first-order chi connectivity index (χ1) is 23.0. The summed E-state index contributed by atoms with van der Waals surface area (Å²) in [5, 5.41) is 24.2. The van der Waals surface area contributed by atoms with Gasteiger partial charge >= 0.3 is 6.09 Å². The van der Waals surface area contributed by atoms with E-state index in [0.29, 0.717) is 29.1 Å². The maximum absolute atomic E-state index is 14.1. The number of carbonyl (C=O) groups is 3. The fraction of sp³-hybridized carbons (Fsp3) is 0.344. The smallest absolute Gasteiger partial charge is 0.405 e. The molecule has 0 spiro atoms. The summed E-state index contributed by atoms with van der Waals surface area (Å²) in [6.07, 6.45) is 1.59. The van der Waals surface area contributed by atoms with Crippen LogP contribution in [0.15, 0.2) is 64.4 Å². The van der Waals surface area contributed by atoms with Gasteiger partial charge in [-0.15, -0.1) is 10.2 Å². The second-order valence-corrected chi connectivity index (χ2v) is 11.2. The number of carbonyl (C=O) groups excluding carboxylic acids is 3. The van der Waals surface area contributed by atoms with Crippen LogP contribution < -0.4 is 27.8 Å². The lowest BCUT2D eigenvalue weighted by molar-refractivity contribution is -0.134. The van der Waals surface area contributed by atoms with Crippen LogP contribution >= 0.6 is 0 Å². The number of guanidine groups is 1. The molecular formula is C32H40N10O6. The number of aliphatic imine (C=N–C) groups is 1. The number of amides is 3. The molecular weight excluding hydrogens is 620 g/mol. The monoisotopic (exact) mass is 660 g/mol. The molecule has 3 amide bonds. The van der Waals surface area contributed by atoms with E-state index in [1.54, 1.807) is 32.2 Å². The molecule has 3 atom stereocenters. The van der Waals surface area contributed by atoms with Gasteiger partial charge in [0.15, 0.2) is 12.1 Å². The molecule has 254 valence electrons. The van der Waals surface area contributed by atoms with E-state index in [1.807, 2.05) is 30.3 Å². The summed E-state index contributed by atoms with van der Waals surface area (Å²) < 4.78 is 11.1. The lowest BCUT2D eigenvalue weighted by Crippen LogP contribution is -2.52. The van der Waals surface area contributed by atoms with E-state index in [2.05, 4.69) is 35.8 Å². The van der Waals surface area contributed by atoms with Crippen LogP contribution in [0.4, 0.5) is 4.79 Å². The van der Waals surface area contributed by atoms with Gasteiger partial charge in [0.05, 0.1) is 12.7 Å². The minimum atomic E-state index is -1.33. The van der Waals surface area contributed by atoms with Crippen molar-refractivity contribution in [2.75, 3.05) is 6.54 Å². The molecule has 2 aromatic carbocycles. The van der Waals surface area contributed by atoms with Crippen molar-refractivity contribution in [2.45, 2.75) is 64.1 Å². The van der Waals surface area contributed by atoms with Crippen molar-refractivity contribution in [3.63, 3.8) is 0 Å². The second-order valence-electron chi connectivity index (χ2n) is 11.2. The van der Waals surface area contributed by atoms with Gasteiger partial charge in [0, 0.05) is 31.3 Å². The number of hydrogen-bond acceptors (Lipinski definition) is 10. The van der Waals surface area contributed by atoms with Gasteiger partial charge in [0.25, 0.3) is 5.91 Å². The summed E-state index contributed by atoms with van der Waals surface area (Å²) in [5.41, 5.74) is 19.8. The molecule has 0 radical (unpaired) electrons. The van der Waals surface area contributed by atoms with Crippen molar-refractivity contribution < 1.29 is 28.6 Å². The quantitative estimate of drug-likeness (QED) is 0.0512. The number of imidazole rings is 1. The zero-order chi connectivity index (χ0) is 34.6. The lowest BCUT2D eigenvalue weighted by Gasteiger charge is -2.25. The number of phenols is 1. The number of aromatic hydroxyl groups is 1. The Hall–Kier alpha value is -5.93. The number of aromatic amines is 1. The summed E-state index contributed by atoms with van der Waals surface area (Å²) >= 11 is 0. The number of H-pyrrole nitrogens is 1. The molecule has 0 aliphatic heterocycles. The molecule has 2 aromatic heterocycles. The van der Waals surface area contributed by atoms with E-state index in [1.165, 1.54) is 6.33 Å². The number of primary amides is 1. The van der Waals surface area contributed by atoms with Crippen LogP contribution in [0.3, 0.4) is 0 Å². The summed E-state index contributed by atoms with van der Waals surface area (Å²) in [6.45, 7) is 3.75. The summed E-state index contributed by atoms with van der Waals surface area (Å²) in [7, 11) is 0. The van der Waals surface area contributed by atoms with Crippen LogP contribution in [-0.4, -0.2) is 67.8 Å². The number of hydrogen-bond donors (Lipinski definition) is 7. The highest BCUT2D eigenvalue weighted by atomic mass is 16.6. The Bertz CT molecular complexity index is 1680. The molecule has 0 aliphatic rings. The Balaban J connectivity index is 1.61. The normalized spacial score (nSPS) is 12.8. The van der Waals surface area contributed by atoms with Gasteiger partial charge in [-0.3, -0.25) is 14.6 Å². The van der Waals surface area contributed by atoms with Gasteiger partial charge in [-0.05, 0) is 61.1 Å². The summed E-state index contributed by atoms with van der Waals surface area (Å²) in [5.74, 6) is -0.882. The molecule has 0 fully saturated rings. The third kappa shape index (κ3) is 10.3. The van der Waals surface area contributed by atoms with Gasteiger partial charge in [-0.2, -0.15) is 0 Å². The number of nitrogens with zero attached hydrogens (tertiary/aromatic N) is 4. The number of rotatable bonds is 16. The molecule has 4 rings (SSSR count). The Morgan fingerprint density at radius 1 is 1.02 bits per heavy atom. The van der Waals surface area contributed by atoms with Crippen molar-refractivity contribution >= 4 is 23.9 Å². The predicted octanol–water partition coefficient (Wildman–Crippen LogP) is 1.35. The molecule has 0 bridgehead atoms. The van der Waals surface area contributed by atoms with Gasteiger partial charge in [-0.25, -0.2) is 9.78 Å². The van der Waals surface area contributed by atoms with Crippen LogP contribution in [0, 0.1) is 13.8 Å². The maximum atomic E-state index is 14.1. The molecule has 4 aromatic rings. The number of nitrogens with one attached hydrogen (secondary N) is 3. The van der Waals surface area contributed by atoms with E-state index in [0.717, 1.165) is 11.1 Å². The fourth-order valence-corrected chi connectivity index (χ4v) is 5.18. The standard InChI is InChI=1S/C32H40N10O6/c1-18-11-22(43)12-19(2)23(18)15-24(39-29(45)26(47-32(35)46)9-6-10-37-31(33)34)28(44)40-25(14-21-16-36-17-38-21)30-42-41-27(48-30)13-20-7-4-3-5-8-20/h3-5,7-8,11-12,16-17,24-26,43H,6,9-10,13-15H2,1-2H3,(H2,35,46)(H,36,38)(H,39,45)(H,40,44)(H4,33,34,37)/t24-,25-,26+/m0/s1. The van der Waals surface area contributed by atoms with E-state index < -0.39 is 36.1 Å². The summed E-state index contributed by atoms with van der Waals surface area (Å²) in [6, 6.07) is 10.7. The van der Waals surface area contributed by atoms with Crippen molar-refractivity contribution in [3.05, 3.63) is 94.7 Å². The number of aryl methyl sites for hydroxylation is 2. The highest BCUT2D eigenvalue weighted by Gasteiger charge is 2.31. The third-order valence-electron chi connectivity index (χ3n) is 7.47. The first-order valence-electron chi connectivity index (χ1n) is 15.2. The van der Waals surface area contributed by atoms with Crippen molar-refractivity contribution in [1.82, 2.24) is 30.8 Å². The van der Waals surface area contributed by atoms with Crippen LogP contribution in [0.25, 0.3) is 0 Å². The van der Waals surface area contributed by atoms with Crippen LogP contribution in [0.5, 0.6) is 5.75 Å². The van der Waals surface area contributed by atoms with Gasteiger partial charge < -0.3 is 47.1 Å². The average molecular weight is 661 g/mol. The topological polar surface area (TPSA) is 263 Å². The van der Waals surface area contributed by atoms with Crippen molar-refractivity contribution in [3.8, 4) is 5.75 Å². The first-order valence-corrected chi connectivity index (χ1v) is 15.2. The SMILES string of the molecule is Cc1cc(O)cc(C)c1C[C@H](NC(=O)[C@@H](CCCN=C(N)N)OC(N)=O)C(=O)N[C@@H](Cc1cnc[nH]1)c1nnc(Cc2ccccc2)o1. The number of nitrogens with two attached hydrogens (primary N) is 3. The van der Waals surface area contributed by atoms with Crippen LogP contribution in [0.2, 0.25) is 0 Å². The fourth-order valence-electron chi connectivity index (χ4n) is 5.18. The minimum Gasteiger partial charge on any atom is -0.508 e. The number of phenolic OH excluding ortho intramolecular Hbond substituents is 1. The van der Waals surface area contributed by atoms with Crippen LogP contribution in [-0.2, 0) is 33.6 Å². The minimum absolute atomic E-state index is 0.0335. The van der Waals surface area contributed by atoms with Crippen molar-refractivity contribution in [2.24, 2.45) is 22.2 Å². The number of benzene rings is 2. The molecule has 16 nitrogen and oxygen atoms in total. The molecule has 16 heteroatoms. The highest BCUT2D eigenvalue weighted by molar-refractivity contribution is 5.90. The predicted molar refractivity (Wildman–Crippen MR) is 174 cm³/mol. The molecule has 2 heterocycles. The van der Waals surface area contributed by atoms with E-state index in [-0.39, 0.29) is 49.8 Å². The number of ether oxygens (including phenoxy) is 1. The Morgan fingerprint density at radius 2 is 1.75 bits per heavy atom. The first kappa shape index (κ1) is 34.9. The molecule has 0 saturated carbocycles. The number of aromatic nitrogens is 4. The average Bonchev–Trinajstić information content (AvgIpc) is 3.72. The maximum Gasteiger partial charge on any atom is 0.405 e. The molecule has 0 unspecified atom stereocenters. The van der Waals surface area contributed by atoms with Gasteiger partial charge in [-0.1, -0.05) is 30.3 Å². The molecule has 10 N–H and O–H groups in total. The largest absolute Gasteiger partial charge is 0.508 e. The third-order valence-corrected chi connectivity index (χ3v) is 7.47. The zero-order valence-corrected chi connectivity index (χ0v) is 26.7. The van der Waals surface area contributed by atoms with Gasteiger partial charge in [0.2, 0.25) is 17.7 Å². The van der Waals surface area contributed by atoms with E-state index in [4.69, 9.17) is 26.4 Å². The zero-order valence-electron chi connectivity index (χ0n) is 26.7. The molecule has 0 aliphatic carbocycles. The second kappa shape index (κ2) is 16.6. The van der Waals surface area contributed by atoms with E-state index in [9.17, 15) is 19.5 Å². The van der Waals surface area contributed by atoms with Gasteiger partial charge in [0.1, 0.15) is 17.8 Å².